The van der Waals surface area contributed by atoms with Crippen molar-refractivity contribution >= 4 is 34.5 Å². The van der Waals surface area contributed by atoms with Gasteiger partial charge in [0.1, 0.15) is 17.7 Å². The second kappa shape index (κ2) is 5.06. The number of hydrogen-bond donors (Lipinski definition) is 2. The second-order valence-electron chi connectivity index (χ2n) is 5.28. The third-order valence-corrected chi connectivity index (χ3v) is 3.81. The van der Waals surface area contributed by atoms with E-state index in [1.165, 1.54) is 6.33 Å². The molecule has 0 atom stereocenters. The van der Waals surface area contributed by atoms with E-state index in [1.54, 1.807) is 6.07 Å². The van der Waals surface area contributed by atoms with Crippen LogP contribution in [0.4, 0.5) is 5.82 Å². The summed E-state index contributed by atoms with van der Waals surface area (Å²) in [5.74, 6) is 1.21. The molecular weight excluding hydrogens is 302 g/mol. The van der Waals surface area contributed by atoms with E-state index in [0.717, 1.165) is 18.4 Å². The number of benzene rings is 1. The summed E-state index contributed by atoms with van der Waals surface area (Å²) < 4.78 is 0. The van der Waals surface area contributed by atoms with Gasteiger partial charge in [-0.15, -0.1) is 0 Å². The van der Waals surface area contributed by atoms with Crippen LogP contribution in [0.2, 0.25) is 5.02 Å². The van der Waals surface area contributed by atoms with Crippen LogP contribution >= 0.6 is 11.6 Å². The summed E-state index contributed by atoms with van der Waals surface area (Å²) in [5.41, 5.74) is 1.98. The van der Waals surface area contributed by atoms with E-state index in [9.17, 15) is 4.79 Å². The molecule has 0 bridgehead atoms. The van der Waals surface area contributed by atoms with Crippen LogP contribution in [0.15, 0.2) is 30.6 Å². The average molecular weight is 314 g/mol. The van der Waals surface area contributed by atoms with Crippen molar-refractivity contribution in [3.63, 3.8) is 0 Å². The third kappa shape index (κ3) is 2.42. The number of H-pyrrole nitrogens is 1. The number of aromatic nitrogens is 4. The highest BCUT2D eigenvalue weighted by Crippen LogP contribution is 2.31. The Bertz CT molecular complexity index is 871. The number of anilines is 1. The van der Waals surface area contributed by atoms with Crippen molar-refractivity contribution in [3.8, 4) is 11.4 Å². The number of amides is 1. The van der Waals surface area contributed by atoms with Crippen LogP contribution in [0.3, 0.4) is 0 Å². The molecule has 0 saturated heterocycles. The minimum absolute atomic E-state index is 0.00101. The maximum absolute atomic E-state index is 11.9. The Hall–Kier alpha value is -2.47. The summed E-state index contributed by atoms with van der Waals surface area (Å²) in [7, 11) is 0. The Labute approximate surface area is 131 Å². The molecule has 4 rings (SSSR count). The van der Waals surface area contributed by atoms with Gasteiger partial charge in [0.25, 0.3) is 0 Å². The average Bonchev–Trinajstić information content (AvgIpc) is 3.26. The standard InChI is InChI=1S/C15H12ClN5O/c16-10-3-1-2-9(6-10)12-19-11-13(20-12)17-7-18-14(11)21-15(22)8-4-5-8/h1-3,6-8H,4-5H2,(H2,17,18,19,20,21,22). The van der Waals surface area contributed by atoms with Crippen molar-refractivity contribution in [2.45, 2.75) is 12.8 Å². The molecule has 0 radical (unpaired) electrons. The van der Waals surface area contributed by atoms with E-state index in [2.05, 4.69) is 25.3 Å². The Kier molecular flexibility index (Phi) is 3.04. The summed E-state index contributed by atoms with van der Waals surface area (Å²) in [5, 5.41) is 3.47. The van der Waals surface area contributed by atoms with Crippen molar-refractivity contribution in [1.29, 1.82) is 0 Å². The fourth-order valence-corrected chi connectivity index (χ4v) is 2.45. The predicted octanol–water partition coefficient (Wildman–Crippen LogP) is 3.02. The third-order valence-electron chi connectivity index (χ3n) is 3.58. The van der Waals surface area contributed by atoms with E-state index >= 15 is 0 Å². The quantitative estimate of drug-likeness (QED) is 0.778. The number of carbonyl (C=O) groups is 1. The molecule has 110 valence electrons. The first-order valence-electron chi connectivity index (χ1n) is 6.98. The second-order valence-corrected chi connectivity index (χ2v) is 5.72. The maximum atomic E-state index is 11.9. The topological polar surface area (TPSA) is 83.6 Å². The zero-order valence-electron chi connectivity index (χ0n) is 11.5. The van der Waals surface area contributed by atoms with Gasteiger partial charge in [-0.3, -0.25) is 4.79 Å². The molecule has 0 unspecified atom stereocenters. The van der Waals surface area contributed by atoms with Crippen molar-refractivity contribution in [3.05, 3.63) is 35.6 Å². The summed E-state index contributed by atoms with van der Waals surface area (Å²) in [6, 6.07) is 7.37. The smallest absolute Gasteiger partial charge is 0.228 e. The molecule has 1 aromatic carbocycles. The number of imidazole rings is 1. The van der Waals surface area contributed by atoms with E-state index in [4.69, 9.17) is 11.6 Å². The monoisotopic (exact) mass is 313 g/mol. The Morgan fingerprint density at radius 2 is 2.18 bits per heavy atom. The molecule has 2 heterocycles. The zero-order chi connectivity index (χ0) is 15.1. The van der Waals surface area contributed by atoms with Crippen molar-refractivity contribution in [2.24, 2.45) is 5.92 Å². The first-order chi connectivity index (χ1) is 10.7. The molecule has 7 heteroatoms. The maximum Gasteiger partial charge on any atom is 0.228 e. The Morgan fingerprint density at radius 1 is 1.32 bits per heavy atom. The van der Waals surface area contributed by atoms with Gasteiger partial charge in [-0.25, -0.2) is 15.0 Å². The van der Waals surface area contributed by atoms with Crippen molar-refractivity contribution < 1.29 is 4.79 Å². The number of fused-ring (bicyclic) bond motifs is 1. The molecule has 1 aliphatic carbocycles. The molecule has 1 saturated carbocycles. The van der Waals surface area contributed by atoms with Gasteiger partial charge in [-0.05, 0) is 25.0 Å². The lowest BCUT2D eigenvalue weighted by Gasteiger charge is -2.02. The Morgan fingerprint density at radius 3 is 2.95 bits per heavy atom. The predicted molar refractivity (Wildman–Crippen MR) is 83.5 cm³/mol. The van der Waals surface area contributed by atoms with Gasteiger partial charge >= 0.3 is 0 Å². The molecule has 3 aromatic rings. The van der Waals surface area contributed by atoms with Crippen LogP contribution in [-0.2, 0) is 4.79 Å². The number of rotatable bonds is 3. The SMILES string of the molecule is O=C(Nc1ncnc2nc(-c3cccc(Cl)c3)[nH]c12)C1CC1. The molecule has 1 fully saturated rings. The van der Waals surface area contributed by atoms with Gasteiger partial charge in [0.2, 0.25) is 5.91 Å². The van der Waals surface area contributed by atoms with Gasteiger partial charge in [-0.2, -0.15) is 0 Å². The molecule has 1 amide bonds. The minimum Gasteiger partial charge on any atom is -0.334 e. The molecule has 0 spiro atoms. The fraction of sp³-hybridized carbons (Fsp3) is 0.200. The van der Waals surface area contributed by atoms with Crippen LogP contribution in [0.5, 0.6) is 0 Å². The molecule has 22 heavy (non-hydrogen) atoms. The van der Waals surface area contributed by atoms with E-state index < -0.39 is 0 Å². The van der Waals surface area contributed by atoms with Gasteiger partial charge in [0.15, 0.2) is 11.5 Å². The normalized spacial score (nSPS) is 14.2. The van der Waals surface area contributed by atoms with Gasteiger partial charge in [0, 0.05) is 16.5 Å². The number of hydrogen-bond acceptors (Lipinski definition) is 4. The van der Waals surface area contributed by atoms with Gasteiger partial charge in [0.05, 0.1) is 0 Å². The lowest BCUT2D eigenvalue weighted by atomic mass is 10.2. The van der Waals surface area contributed by atoms with Crippen molar-refractivity contribution in [1.82, 2.24) is 19.9 Å². The van der Waals surface area contributed by atoms with E-state index in [0.29, 0.717) is 27.8 Å². The number of halogens is 1. The molecule has 1 aliphatic rings. The summed E-state index contributed by atoms with van der Waals surface area (Å²) in [4.78, 5) is 27.8. The highest BCUT2D eigenvalue weighted by molar-refractivity contribution is 6.30. The number of carbonyl (C=O) groups excluding carboxylic acids is 1. The van der Waals surface area contributed by atoms with Crippen LogP contribution < -0.4 is 5.32 Å². The molecule has 2 aromatic heterocycles. The van der Waals surface area contributed by atoms with Gasteiger partial charge < -0.3 is 10.3 Å². The lowest BCUT2D eigenvalue weighted by Crippen LogP contribution is -2.14. The van der Waals surface area contributed by atoms with Crippen LogP contribution in [0.25, 0.3) is 22.6 Å². The van der Waals surface area contributed by atoms with E-state index in [-0.39, 0.29) is 11.8 Å². The van der Waals surface area contributed by atoms with Crippen molar-refractivity contribution in [2.75, 3.05) is 5.32 Å². The summed E-state index contributed by atoms with van der Waals surface area (Å²) in [6.45, 7) is 0. The number of nitrogens with zero attached hydrogens (tertiary/aromatic N) is 3. The Balaban J connectivity index is 1.75. The van der Waals surface area contributed by atoms with E-state index in [1.807, 2.05) is 18.2 Å². The number of aromatic amines is 1. The first kappa shape index (κ1) is 13.2. The highest BCUT2D eigenvalue weighted by Gasteiger charge is 2.30. The zero-order valence-corrected chi connectivity index (χ0v) is 12.3. The van der Waals surface area contributed by atoms with Crippen LogP contribution in [0.1, 0.15) is 12.8 Å². The number of nitrogens with one attached hydrogen (secondary N) is 2. The summed E-state index contributed by atoms with van der Waals surface area (Å²) in [6.07, 6.45) is 3.28. The minimum atomic E-state index is -0.00101. The van der Waals surface area contributed by atoms with Gasteiger partial charge in [-0.1, -0.05) is 23.7 Å². The largest absolute Gasteiger partial charge is 0.334 e. The molecular formula is C15H12ClN5O. The first-order valence-corrected chi connectivity index (χ1v) is 7.36. The van der Waals surface area contributed by atoms with Crippen LogP contribution in [0, 0.1) is 5.92 Å². The fourth-order valence-electron chi connectivity index (χ4n) is 2.26. The molecule has 6 nitrogen and oxygen atoms in total. The van der Waals surface area contributed by atoms with Crippen LogP contribution in [-0.4, -0.2) is 25.8 Å². The molecule has 2 N–H and O–H groups in total. The highest BCUT2D eigenvalue weighted by atomic mass is 35.5. The summed E-state index contributed by atoms with van der Waals surface area (Å²) >= 11 is 6.01. The lowest BCUT2D eigenvalue weighted by molar-refractivity contribution is -0.117. The molecule has 0 aliphatic heterocycles.